The van der Waals surface area contributed by atoms with Crippen LogP contribution in [0.5, 0.6) is 0 Å². The van der Waals surface area contributed by atoms with Gasteiger partial charge in [0.1, 0.15) is 0 Å². The number of carbonyl (C=O) groups excluding carboxylic acids is 1. The molecule has 0 aromatic heterocycles. The van der Waals surface area contributed by atoms with E-state index in [1.807, 2.05) is 4.90 Å². The number of hydrogen-bond donors (Lipinski definition) is 1. The third kappa shape index (κ3) is 3.67. The van der Waals surface area contributed by atoms with Crippen molar-refractivity contribution >= 4 is 5.91 Å². The van der Waals surface area contributed by atoms with Crippen molar-refractivity contribution in [2.45, 2.75) is 38.8 Å². The zero-order valence-corrected chi connectivity index (χ0v) is 11.7. The number of rotatable bonds is 7. The molecule has 18 heavy (non-hydrogen) atoms. The van der Waals surface area contributed by atoms with E-state index in [0.717, 1.165) is 12.8 Å². The summed E-state index contributed by atoms with van der Waals surface area (Å²) in [7, 11) is 1.65. The van der Waals surface area contributed by atoms with E-state index in [-0.39, 0.29) is 23.9 Å². The quantitative estimate of drug-likeness (QED) is 0.727. The fourth-order valence-electron chi connectivity index (χ4n) is 2.43. The molecule has 0 saturated carbocycles. The maximum atomic E-state index is 12.5. The van der Waals surface area contributed by atoms with Crippen LogP contribution in [0.15, 0.2) is 0 Å². The van der Waals surface area contributed by atoms with Crippen molar-refractivity contribution in [2.75, 3.05) is 33.5 Å². The molecule has 1 aliphatic heterocycles. The van der Waals surface area contributed by atoms with Crippen LogP contribution < -0.4 is 5.73 Å². The molecule has 0 aromatic rings. The number of carbonyl (C=O) groups is 1. The Morgan fingerprint density at radius 1 is 1.44 bits per heavy atom. The highest BCUT2D eigenvalue weighted by Gasteiger charge is 2.35. The summed E-state index contributed by atoms with van der Waals surface area (Å²) in [5.74, 6) is -0.0757. The van der Waals surface area contributed by atoms with Crippen LogP contribution >= 0.6 is 0 Å². The van der Waals surface area contributed by atoms with Gasteiger partial charge in [0, 0.05) is 25.7 Å². The molecule has 1 aliphatic rings. The molecule has 1 amide bonds. The van der Waals surface area contributed by atoms with Crippen LogP contribution in [0.2, 0.25) is 0 Å². The molecule has 1 heterocycles. The van der Waals surface area contributed by atoms with Gasteiger partial charge in [0.25, 0.3) is 0 Å². The van der Waals surface area contributed by atoms with Crippen molar-refractivity contribution in [1.29, 1.82) is 0 Å². The van der Waals surface area contributed by atoms with Crippen LogP contribution in [0.4, 0.5) is 0 Å². The molecule has 5 heteroatoms. The molecule has 0 bridgehead atoms. The minimum absolute atomic E-state index is 0.116. The van der Waals surface area contributed by atoms with E-state index in [9.17, 15) is 4.79 Å². The van der Waals surface area contributed by atoms with Gasteiger partial charge >= 0.3 is 0 Å². The highest BCUT2D eigenvalue weighted by molar-refractivity contribution is 5.80. The minimum Gasteiger partial charge on any atom is -0.383 e. The van der Waals surface area contributed by atoms with Crippen molar-refractivity contribution in [3.05, 3.63) is 0 Å². The Bertz CT molecular complexity index is 257. The Labute approximate surface area is 110 Å². The van der Waals surface area contributed by atoms with Crippen molar-refractivity contribution in [3.8, 4) is 0 Å². The van der Waals surface area contributed by atoms with Crippen molar-refractivity contribution in [2.24, 2.45) is 11.7 Å². The van der Waals surface area contributed by atoms with Gasteiger partial charge in [0.15, 0.2) is 0 Å². The lowest BCUT2D eigenvalue weighted by Crippen LogP contribution is -2.49. The first-order valence-corrected chi connectivity index (χ1v) is 6.78. The highest BCUT2D eigenvalue weighted by atomic mass is 16.5. The Balaban J connectivity index is 2.70. The molecule has 1 saturated heterocycles. The second-order valence-electron chi connectivity index (χ2n) is 4.80. The maximum Gasteiger partial charge on any atom is 0.230 e. The summed E-state index contributed by atoms with van der Waals surface area (Å²) in [6.45, 7) is 6.33. The Morgan fingerprint density at radius 2 is 2.11 bits per heavy atom. The SMILES string of the molecule is CCC(CC)N(CCOC)C(=O)C1COCC1N. The van der Waals surface area contributed by atoms with Gasteiger partial charge < -0.3 is 20.1 Å². The second kappa shape index (κ2) is 7.71. The van der Waals surface area contributed by atoms with E-state index in [4.69, 9.17) is 15.2 Å². The van der Waals surface area contributed by atoms with E-state index < -0.39 is 0 Å². The molecule has 0 aliphatic carbocycles. The largest absolute Gasteiger partial charge is 0.383 e. The smallest absolute Gasteiger partial charge is 0.230 e. The van der Waals surface area contributed by atoms with Crippen molar-refractivity contribution in [3.63, 3.8) is 0 Å². The Kier molecular flexibility index (Phi) is 6.60. The molecule has 1 rings (SSSR count). The number of ether oxygens (including phenoxy) is 2. The molecule has 2 unspecified atom stereocenters. The monoisotopic (exact) mass is 258 g/mol. The summed E-state index contributed by atoms with van der Waals surface area (Å²) in [6.07, 6.45) is 1.91. The predicted molar refractivity (Wildman–Crippen MR) is 70.2 cm³/mol. The third-order valence-electron chi connectivity index (χ3n) is 3.64. The van der Waals surface area contributed by atoms with Gasteiger partial charge in [-0.25, -0.2) is 0 Å². The standard InChI is InChI=1S/C13H26N2O3/c1-4-10(5-2)15(6-7-17-3)13(16)11-8-18-9-12(11)14/h10-12H,4-9,14H2,1-3H3. The molecule has 5 nitrogen and oxygen atoms in total. The molecule has 0 aromatic carbocycles. The summed E-state index contributed by atoms with van der Waals surface area (Å²) in [6, 6.07) is 0.0948. The van der Waals surface area contributed by atoms with Gasteiger partial charge in [-0.05, 0) is 12.8 Å². The van der Waals surface area contributed by atoms with Crippen LogP contribution in [-0.4, -0.2) is 56.4 Å². The van der Waals surface area contributed by atoms with E-state index in [1.54, 1.807) is 7.11 Å². The van der Waals surface area contributed by atoms with E-state index in [2.05, 4.69) is 13.8 Å². The summed E-state index contributed by atoms with van der Waals surface area (Å²) in [4.78, 5) is 14.5. The van der Waals surface area contributed by atoms with Gasteiger partial charge in [-0.3, -0.25) is 4.79 Å². The summed E-state index contributed by atoms with van der Waals surface area (Å²) >= 11 is 0. The fraction of sp³-hybridized carbons (Fsp3) is 0.923. The van der Waals surface area contributed by atoms with E-state index in [1.165, 1.54) is 0 Å². The average molecular weight is 258 g/mol. The first kappa shape index (κ1) is 15.4. The van der Waals surface area contributed by atoms with Crippen LogP contribution in [0.1, 0.15) is 26.7 Å². The molecular weight excluding hydrogens is 232 g/mol. The molecule has 0 radical (unpaired) electrons. The number of methoxy groups -OCH3 is 1. The highest BCUT2D eigenvalue weighted by Crippen LogP contribution is 2.19. The lowest BCUT2D eigenvalue weighted by Gasteiger charge is -2.33. The van der Waals surface area contributed by atoms with Gasteiger partial charge in [-0.1, -0.05) is 13.8 Å². The van der Waals surface area contributed by atoms with Crippen LogP contribution in [0.25, 0.3) is 0 Å². The molecule has 2 atom stereocenters. The topological polar surface area (TPSA) is 64.8 Å². The van der Waals surface area contributed by atoms with Gasteiger partial charge in [0.2, 0.25) is 5.91 Å². The first-order valence-electron chi connectivity index (χ1n) is 6.78. The van der Waals surface area contributed by atoms with Gasteiger partial charge in [0.05, 0.1) is 25.7 Å². The van der Waals surface area contributed by atoms with Crippen LogP contribution in [0, 0.1) is 5.92 Å². The summed E-state index contributed by atoms with van der Waals surface area (Å²) < 4.78 is 10.4. The van der Waals surface area contributed by atoms with Crippen LogP contribution in [-0.2, 0) is 14.3 Å². The molecule has 1 fully saturated rings. The number of amides is 1. The van der Waals surface area contributed by atoms with E-state index >= 15 is 0 Å². The number of nitrogens with zero attached hydrogens (tertiary/aromatic N) is 1. The Hall–Kier alpha value is -0.650. The van der Waals surface area contributed by atoms with Gasteiger partial charge in [-0.15, -0.1) is 0 Å². The minimum atomic E-state index is -0.192. The Morgan fingerprint density at radius 3 is 2.56 bits per heavy atom. The summed E-state index contributed by atoms with van der Waals surface area (Å²) in [5, 5.41) is 0. The van der Waals surface area contributed by atoms with Crippen molar-refractivity contribution < 1.29 is 14.3 Å². The molecule has 2 N–H and O–H groups in total. The normalized spacial score (nSPS) is 23.6. The third-order valence-corrected chi connectivity index (χ3v) is 3.64. The molecule has 106 valence electrons. The maximum absolute atomic E-state index is 12.5. The predicted octanol–water partition coefficient (Wildman–Crippen LogP) is 0.624. The van der Waals surface area contributed by atoms with Crippen LogP contribution in [0.3, 0.4) is 0 Å². The first-order chi connectivity index (χ1) is 8.65. The number of hydrogen-bond acceptors (Lipinski definition) is 4. The molecular formula is C13H26N2O3. The van der Waals surface area contributed by atoms with E-state index in [0.29, 0.717) is 26.4 Å². The number of nitrogens with two attached hydrogens (primary N) is 1. The summed E-state index contributed by atoms with van der Waals surface area (Å²) in [5.41, 5.74) is 5.93. The zero-order valence-electron chi connectivity index (χ0n) is 11.7. The zero-order chi connectivity index (χ0) is 13.5. The lowest BCUT2D eigenvalue weighted by atomic mass is 10.0. The van der Waals surface area contributed by atoms with Gasteiger partial charge in [-0.2, -0.15) is 0 Å². The van der Waals surface area contributed by atoms with Crippen molar-refractivity contribution in [1.82, 2.24) is 4.90 Å². The second-order valence-corrected chi connectivity index (χ2v) is 4.80. The fourth-order valence-corrected chi connectivity index (χ4v) is 2.43. The lowest BCUT2D eigenvalue weighted by molar-refractivity contribution is -0.139. The average Bonchev–Trinajstić information content (AvgIpc) is 2.80. The molecule has 0 spiro atoms.